The zero-order valence-electron chi connectivity index (χ0n) is 6.89. The van der Waals surface area contributed by atoms with Crippen LogP contribution in [0.15, 0.2) is 0 Å². The quantitative estimate of drug-likeness (QED) is 0.674. The Balaban J connectivity index is 3.46. The highest BCUT2D eigenvalue weighted by Gasteiger charge is 2.12. The number of carbonyl (C=O) groups is 1. The SMILES string of the molecule is CCNC(=O)C(Cl)CSCC. The first-order valence-electron chi connectivity index (χ1n) is 3.71. The number of amides is 1. The van der Waals surface area contributed by atoms with E-state index in [1.807, 2.05) is 13.8 Å². The lowest BCUT2D eigenvalue weighted by atomic mass is 10.4. The van der Waals surface area contributed by atoms with Crippen molar-refractivity contribution in [2.75, 3.05) is 18.1 Å². The molecule has 0 radical (unpaired) electrons. The topological polar surface area (TPSA) is 29.1 Å². The zero-order valence-corrected chi connectivity index (χ0v) is 8.47. The maximum atomic E-state index is 11.0. The Morgan fingerprint density at radius 2 is 2.27 bits per heavy atom. The van der Waals surface area contributed by atoms with E-state index in [9.17, 15) is 4.79 Å². The average Bonchev–Trinajstić information content (AvgIpc) is 2.00. The van der Waals surface area contributed by atoms with E-state index >= 15 is 0 Å². The number of hydrogen-bond donors (Lipinski definition) is 1. The molecule has 0 aromatic heterocycles. The fourth-order valence-electron chi connectivity index (χ4n) is 0.582. The first kappa shape index (κ1) is 11.1. The van der Waals surface area contributed by atoms with Crippen LogP contribution in [0.25, 0.3) is 0 Å². The standard InChI is InChI=1S/C7H14ClNOS/c1-3-9-7(10)6(8)5-11-4-2/h6H,3-5H2,1-2H3,(H,9,10). The first-order valence-corrected chi connectivity index (χ1v) is 5.31. The van der Waals surface area contributed by atoms with Gasteiger partial charge in [-0.1, -0.05) is 6.92 Å². The summed E-state index contributed by atoms with van der Waals surface area (Å²) in [5, 5.41) is 2.29. The van der Waals surface area contributed by atoms with Gasteiger partial charge in [-0.05, 0) is 12.7 Å². The lowest BCUT2D eigenvalue weighted by Crippen LogP contribution is -2.32. The maximum Gasteiger partial charge on any atom is 0.238 e. The van der Waals surface area contributed by atoms with E-state index in [0.29, 0.717) is 12.3 Å². The van der Waals surface area contributed by atoms with Gasteiger partial charge >= 0.3 is 0 Å². The van der Waals surface area contributed by atoms with Crippen LogP contribution < -0.4 is 5.32 Å². The summed E-state index contributed by atoms with van der Waals surface area (Å²) in [6.07, 6.45) is 0. The van der Waals surface area contributed by atoms with Crippen molar-refractivity contribution in [2.45, 2.75) is 19.2 Å². The highest BCUT2D eigenvalue weighted by atomic mass is 35.5. The van der Waals surface area contributed by atoms with Gasteiger partial charge < -0.3 is 5.32 Å². The second-order valence-corrected chi connectivity index (χ2v) is 3.87. The van der Waals surface area contributed by atoms with Crippen molar-refractivity contribution in [2.24, 2.45) is 0 Å². The molecule has 0 bridgehead atoms. The van der Waals surface area contributed by atoms with Crippen LogP contribution in [0.4, 0.5) is 0 Å². The summed E-state index contributed by atoms with van der Waals surface area (Å²) in [5.41, 5.74) is 0. The summed E-state index contributed by atoms with van der Waals surface area (Å²) in [6.45, 7) is 4.58. The van der Waals surface area contributed by atoms with Gasteiger partial charge in [-0.2, -0.15) is 11.8 Å². The van der Waals surface area contributed by atoms with E-state index in [2.05, 4.69) is 5.32 Å². The molecule has 66 valence electrons. The van der Waals surface area contributed by atoms with Crippen molar-refractivity contribution in [3.63, 3.8) is 0 Å². The molecule has 0 aliphatic carbocycles. The van der Waals surface area contributed by atoms with E-state index < -0.39 is 0 Å². The summed E-state index contributed by atoms with van der Waals surface area (Å²) in [7, 11) is 0. The highest BCUT2D eigenvalue weighted by Crippen LogP contribution is 2.07. The smallest absolute Gasteiger partial charge is 0.238 e. The predicted molar refractivity (Wildman–Crippen MR) is 51.3 cm³/mol. The maximum absolute atomic E-state index is 11.0. The fourth-order valence-corrected chi connectivity index (χ4v) is 1.52. The van der Waals surface area contributed by atoms with Crippen molar-refractivity contribution >= 4 is 29.3 Å². The third-order valence-electron chi connectivity index (χ3n) is 1.10. The van der Waals surface area contributed by atoms with Crippen LogP contribution in [0.1, 0.15) is 13.8 Å². The minimum absolute atomic E-state index is 0.0601. The van der Waals surface area contributed by atoms with E-state index in [1.165, 1.54) is 0 Å². The average molecular weight is 196 g/mol. The molecule has 0 spiro atoms. The van der Waals surface area contributed by atoms with Crippen molar-refractivity contribution < 1.29 is 4.79 Å². The normalized spacial score (nSPS) is 12.6. The van der Waals surface area contributed by atoms with Crippen molar-refractivity contribution in [1.82, 2.24) is 5.32 Å². The van der Waals surface area contributed by atoms with Crippen molar-refractivity contribution in [3.8, 4) is 0 Å². The molecule has 0 fully saturated rings. The fraction of sp³-hybridized carbons (Fsp3) is 0.857. The van der Waals surface area contributed by atoms with Gasteiger partial charge in [0.25, 0.3) is 0 Å². The van der Waals surface area contributed by atoms with Crippen LogP contribution in [0.3, 0.4) is 0 Å². The van der Waals surface area contributed by atoms with Crippen LogP contribution in [0.5, 0.6) is 0 Å². The summed E-state index contributed by atoms with van der Waals surface area (Å²) in [5.74, 6) is 1.64. The number of nitrogens with one attached hydrogen (secondary N) is 1. The lowest BCUT2D eigenvalue weighted by Gasteiger charge is -2.07. The zero-order chi connectivity index (χ0) is 8.69. The van der Waals surface area contributed by atoms with E-state index in [-0.39, 0.29) is 11.3 Å². The molecule has 0 saturated carbocycles. The molecule has 0 aromatic rings. The Bertz CT molecular complexity index is 121. The number of alkyl halides is 1. The Morgan fingerprint density at radius 3 is 2.73 bits per heavy atom. The van der Waals surface area contributed by atoms with Crippen LogP contribution >= 0.6 is 23.4 Å². The number of hydrogen-bond acceptors (Lipinski definition) is 2. The summed E-state index contributed by atoms with van der Waals surface area (Å²) in [6, 6.07) is 0. The molecule has 0 aromatic carbocycles. The van der Waals surface area contributed by atoms with E-state index in [4.69, 9.17) is 11.6 Å². The predicted octanol–water partition coefficient (Wildman–Crippen LogP) is 1.48. The number of rotatable bonds is 5. The Labute approximate surface area is 77.1 Å². The van der Waals surface area contributed by atoms with Crippen LogP contribution in [-0.4, -0.2) is 29.3 Å². The van der Waals surface area contributed by atoms with Gasteiger partial charge in [-0.3, -0.25) is 4.79 Å². The molecule has 0 saturated heterocycles. The van der Waals surface area contributed by atoms with Crippen molar-refractivity contribution in [1.29, 1.82) is 0 Å². The number of thioether (sulfide) groups is 1. The van der Waals surface area contributed by atoms with Gasteiger partial charge in [-0.25, -0.2) is 0 Å². The van der Waals surface area contributed by atoms with Gasteiger partial charge in [0.15, 0.2) is 0 Å². The lowest BCUT2D eigenvalue weighted by molar-refractivity contribution is -0.120. The molecule has 0 heterocycles. The molecule has 1 N–H and O–H groups in total. The van der Waals surface area contributed by atoms with Gasteiger partial charge in [0.1, 0.15) is 5.38 Å². The Kier molecular flexibility index (Phi) is 6.87. The molecule has 2 nitrogen and oxygen atoms in total. The van der Waals surface area contributed by atoms with Crippen LogP contribution in [0.2, 0.25) is 0 Å². The van der Waals surface area contributed by atoms with Gasteiger partial charge in [-0.15, -0.1) is 11.6 Å². The molecule has 0 rings (SSSR count). The Hall–Kier alpha value is 0.110. The molecule has 0 aliphatic heterocycles. The summed E-state index contributed by atoms with van der Waals surface area (Å²) in [4.78, 5) is 11.0. The van der Waals surface area contributed by atoms with Crippen molar-refractivity contribution in [3.05, 3.63) is 0 Å². The molecule has 1 unspecified atom stereocenters. The highest BCUT2D eigenvalue weighted by molar-refractivity contribution is 7.99. The molecule has 0 aliphatic rings. The minimum Gasteiger partial charge on any atom is -0.355 e. The second-order valence-electron chi connectivity index (χ2n) is 2.02. The third kappa shape index (κ3) is 5.39. The van der Waals surface area contributed by atoms with Crippen LogP contribution in [0, 0.1) is 0 Å². The number of halogens is 1. The first-order chi connectivity index (χ1) is 5.22. The van der Waals surface area contributed by atoms with E-state index in [0.717, 1.165) is 5.75 Å². The molecule has 4 heteroatoms. The Morgan fingerprint density at radius 1 is 1.64 bits per heavy atom. The number of carbonyl (C=O) groups excluding carboxylic acids is 1. The monoisotopic (exact) mass is 195 g/mol. The van der Waals surface area contributed by atoms with E-state index in [1.54, 1.807) is 11.8 Å². The van der Waals surface area contributed by atoms with Crippen LogP contribution in [-0.2, 0) is 4.79 Å². The molecular formula is C7H14ClNOS. The van der Waals surface area contributed by atoms with Gasteiger partial charge in [0.05, 0.1) is 0 Å². The molecule has 11 heavy (non-hydrogen) atoms. The second kappa shape index (κ2) is 6.80. The summed E-state index contributed by atoms with van der Waals surface area (Å²) < 4.78 is 0. The third-order valence-corrected chi connectivity index (χ3v) is 2.62. The van der Waals surface area contributed by atoms with Gasteiger partial charge in [0.2, 0.25) is 5.91 Å². The largest absolute Gasteiger partial charge is 0.355 e. The summed E-state index contributed by atoms with van der Waals surface area (Å²) >= 11 is 7.43. The molecule has 1 amide bonds. The van der Waals surface area contributed by atoms with Gasteiger partial charge in [0, 0.05) is 12.3 Å². The molecular weight excluding hydrogens is 182 g/mol. The molecule has 1 atom stereocenters. The minimum atomic E-state index is -0.375.